The Bertz CT molecular complexity index is 372. The van der Waals surface area contributed by atoms with E-state index in [2.05, 4.69) is 6.58 Å². The molecule has 0 radical (unpaired) electrons. The van der Waals surface area contributed by atoms with Crippen molar-refractivity contribution < 1.29 is 9.53 Å². The maximum absolute atomic E-state index is 11.4. The molecule has 0 unspecified atom stereocenters. The fourth-order valence-corrected chi connectivity index (χ4v) is 1.44. The van der Waals surface area contributed by atoms with Gasteiger partial charge in [-0.3, -0.25) is 4.79 Å². The van der Waals surface area contributed by atoms with Crippen molar-refractivity contribution in [2.45, 2.75) is 6.42 Å². The summed E-state index contributed by atoms with van der Waals surface area (Å²) in [6.07, 6.45) is 0.517. The largest absolute Gasteiger partial charge is 0.377 e. The topological polar surface area (TPSA) is 26.3 Å². The predicted octanol–water partition coefficient (Wildman–Crippen LogP) is 2.65. The van der Waals surface area contributed by atoms with Crippen LogP contribution in [-0.4, -0.2) is 19.5 Å². The van der Waals surface area contributed by atoms with Crippen LogP contribution in [0.3, 0.4) is 0 Å². The summed E-state index contributed by atoms with van der Waals surface area (Å²) >= 11 is 5.83. The zero-order valence-electron chi connectivity index (χ0n) is 8.63. The molecule has 1 aromatic carbocycles. The normalized spacial score (nSPS) is 10.0. The number of methoxy groups -OCH3 is 1. The van der Waals surface area contributed by atoms with Gasteiger partial charge in [-0.25, -0.2) is 0 Å². The van der Waals surface area contributed by atoms with Gasteiger partial charge >= 0.3 is 0 Å². The maximum atomic E-state index is 11.4. The molecule has 0 spiro atoms. The number of benzene rings is 1. The summed E-state index contributed by atoms with van der Waals surface area (Å²) < 4.78 is 4.75. The second kappa shape index (κ2) is 5.69. The third-order valence-electron chi connectivity index (χ3n) is 1.98. The van der Waals surface area contributed by atoms with Gasteiger partial charge in [0, 0.05) is 18.6 Å². The minimum atomic E-state index is -0.0718. The first-order valence-electron chi connectivity index (χ1n) is 4.58. The molecule has 2 nitrogen and oxygen atoms in total. The van der Waals surface area contributed by atoms with Crippen molar-refractivity contribution in [1.29, 1.82) is 0 Å². The monoisotopic (exact) mass is 224 g/mol. The Hall–Kier alpha value is -1.12. The first-order valence-corrected chi connectivity index (χ1v) is 4.95. The van der Waals surface area contributed by atoms with E-state index in [1.54, 1.807) is 6.07 Å². The summed E-state index contributed by atoms with van der Waals surface area (Å²) in [6.45, 7) is 3.81. The highest BCUT2D eigenvalue weighted by Gasteiger charge is 2.07. The van der Waals surface area contributed by atoms with E-state index < -0.39 is 0 Å². The zero-order valence-corrected chi connectivity index (χ0v) is 9.38. The van der Waals surface area contributed by atoms with Crippen LogP contribution in [0.1, 0.15) is 5.56 Å². The van der Waals surface area contributed by atoms with Crippen molar-refractivity contribution in [2.24, 2.45) is 0 Å². The van der Waals surface area contributed by atoms with Crippen LogP contribution in [-0.2, 0) is 16.0 Å². The van der Waals surface area contributed by atoms with E-state index >= 15 is 0 Å². The smallest absolute Gasteiger partial charge is 0.184 e. The molecule has 0 aliphatic carbocycles. The Labute approximate surface area is 94.5 Å². The average molecular weight is 225 g/mol. The van der Waals surface area contributed by atoms with Crippen LogP contribution in [0.2, 0.25) is 5.02 Å². The van der Waals surface area contributed by atoms with Crippen molar-refractivity contribution in [3.63, 3.8) is 0 Å². The van der Waals surface area contributed by atoms with Gasteiger partial charge in [-0.1, -0.05) is 30.3 Å². The van der Waals surface area contributed by atoms with Crippen molar-refractivity contribution in [2.75, 3.05) is 13.7 Å². The Morgan fingerprint density at radius 3 is 2.87 bits per heavy atom. The van der Waals surface area contributed by atoms with Gasteiger partial charge in [-0.15, -0.1) is 0 Å². The molecule has 0 fully saturated rings. The van der Waals surface area contributed by atoms with E-state index in [1.807, 2.05) is 18.2 Å². The molecule has 1 rings (SSSR count). The summed E-state index contributed by atoms with van der Waals surface area (Å²) in [5.74, 6) is -0.0718. The lowest BCUT2D eigenvalue weighted by Crippen LogP contribution is -2.10. The van der Waals surface area contributed by atoms with E-state index in [0.29, 0.717) is 17.0 Å². The van der Waals surface area contributed by atoms with Crippen LogP contribution >= 0.6 is 11.6 Å². The summed E-state index contributed by atoms with van der Waals surface area (Å²) in [4.78, 5) is 11.4. The molecular weight excluding hydrogens is 212 g/mol. The molecule has 0 bridgehead atoms. The van der Waals surface area contributed by atoms with Crippen LogP contribution in [0.4, 0.5) is 0 Å². The van der Waals surface area contributed by atoms with Crippen LogP contribution in [0, 0.1) is 0 Å². The zero-order chi connectivity index (χ0) is 11.3. The van der Waals surface area contributed by atoms with Gasteiger partial charge in [-0.2, -0.15) is 0 Å². The van der Waals surface area contributed by atoms with Gasteiger partial charge in [0.05, 0.1) is 0 Å². The van der Waals surface area contributed by atoms with Crippen LogP contribution in [0.15, 0.2) is 36.4 Å². The lowest BCUT2D eigenvalue weighted by atomic mass is 10.0. The van der Waals surface area contributed by atoms with Crippen LogP contribution < -0.4 is 0 Å². The van der Waals surface area contributed by atoms with Crippen molar-refractivity contribution in [3.8, 4) is 0 Å². The van der Waals surface area contributed by atoms with E-state index in [9.17, 15) is 4.79 Å². The Balaban J connectivity index is 2.62. The second-order valence-corrected chi connectivity index (χ2v) is 3.70. The number of hydrogen-bond donors (Lipinski definition) is 0. The first kappa shape index (κ1) is 12.0. The Morgan fingerprint density at radius 2 is 2.27 bits per heavy atom. The van der Waals surface area contributed by atoms with Gasteiger partial charge in [0.2, 0.25) is 0 Å². The molecule has 1 aromatic rings. The van der Waals surface area contributed by atoms with E-state index in [0.717, 1.165) is 5.56 Å². The number of carbonyl (C=O) groups excluding carboxylic acids is 1. The lowest BCUT2D eigenvalue weighted by molar-refractivity contribution is -0.119. The van der Waals surface area contributed by atoms with E-state index in [-0.39, 0.29) is 12.4 Å². The van der Waals surface area contributed by atoms with Gasteiger partial charge in [0.25, 0.3) is 0 Å². The number of ether oxygens (including phenoxy) is 1. The molecule has 0 aliphatic rings. The molecule has 0 atom stereocenters. The molecular formula is C12H13ClO2. The highest BCUT2D eigenvalue weighted by atomic mass is 35.5. The number of halogens is 1. The lowest BCUT2D eigenvalue weighted by Gasteiger charge is -2.04. The molecule has 0 heterocycles. The summed E-state index contributed by atoms with van der Waals surface area (Å²) in [5, 5.41) is 0.666. The molecule has 3 heteroatoms. The van der Waals surface area contributed by atoms with E-state index in [4.69, 9.17) is 16.3 Å². The van der Waals surface area contributed by atoms with Crippen molar-refractivity contribution >= 4 is 17.4 Å². The van der Waals surface area contributed by atoms with Gasteiger partial charge in [0.15, 0.2) is 5.78 Å². The van der Waals surface area contributed by atoms with E-state index in [1.165, 1.54) is 7.11 Å². The predicted molar refractivity (Wildman–Crippen MR) is 61.2 cm³/mol. The average Bonchev–Trinajstić information content (AvgIpc) is 2.18. The fourth-order valence-electron chi connectivity index (χ4n) is 1.23. The Kier molecular flexibility index (Phi) is 4.53. The molecule has 0 N–H and O–H groups in total. The van der Waals surface area contributed by atoms with Crippen molar-refractivity contribution in [3.05, 3.63) is 47.0 Å². The number of Topliss-reactive ketones (excluding diaryl/α,β-unsaturated/α-hetero) is 1. The molecule has 0 aromatic heterocycles. The molecule has 0 amide bonds. The minimum Gasteiger partial charge on any atom is -0.377 e. The summed E-state index contributed by atoms with van der Waals surface area (Å²) in [5.41, 5.74) is 1.52. The van der Waals surface area contributed by atoms with Gasteiger partial charge in [0.1, 0.15) is 6.61 Å². The number of rotatable bonds is 5. The molecule has 0 saturated heterocycles. The third kappa shape index (κ3) is 3.86. The first-order chi connectivity index (χ1) is 7.13. The molecule has 15 heavy (non-hydrogen) atoms. The van der Waals surface area contributed by atoms with Crippen LogP contribution in [0.5, 0.6) is 0 Å². The number of ketones is 1. The summed E-state index contributed by atoms with van der Waals surface area (Å²) in [7, 11) is 1.49. The highest BCUT2D eigenvalue weighted by molar-refractivity contribution is 6.30. The second-order valence-electron chi connectivity index (χ2n) is 3.27. The highest BCUT2D eigenvalue weighted by Crippen LogP contribution is 2.13. The molecule has 0 saturated carbocycles. The number of carbonyl (C=O) groups is 1. The standard InChI is InChI=1S/C12H13ClO2/c1-9(12(14)8-15-2)6-10-4-3-5-11(13)7-10/h3-5,7H,1,6,8H2,2H3. The van der Waals surface area contributed by atoms with Gasteiger partial charge < -0.3 is 4.74 Å². The third-order valence-corrected chi connectivity index (χ3v) is 2.21. The SMILES string of the molecule is C=C(Cc1cccc(Cl)c1)C(=O)COC. The Morgan fingerprint density at radius 1 is 1.53 bits per heavy atom. The minimum absolute atomic E-state index is 0.0718. The van der Waals surface area contributed by atoms with Gasteiger partial charge in [-0.05, 0) is 23.3 Å². The molecule has 80 valence electrons. The number of hydrogen-bond acceptors (Lipinski definition) is 2. The fraction of sp³-hybridized carbons (Fsp3) is 0.250. The van der Waals surface area contributed by atoms with Crippen molar-refractivity contribution in [1.82, 2.24) is 0 Å². The molecule has 0 aliphatic heterocycles. The quantitative estimate of drug-likeness (QED) is 0.719. The summed E-state index contributed by atoms with van der Waals surface area (Å²) in [6, 6.07) is 7.39. The van der Waals surface area contributed by atoms with Crippen LogP contribution in [0.25, 0.3) is 0 Å². The maximum Gasteiger partial charge on any atom is 0.184 e.